The van der Waals surface area contributed by atoms with Gasteiger partial charge in [0.2, 0.25) is 0 Å². The van der Waals surface area contributed by atoms with Gasteiger partial charge >= 0.3 is 0 Å². The van der Waals surface area contributed by atoms with Crippen molar-refractivity contribution in [2.45, 2.75) is 25.3 Å². The number of nitrogens with one attached hydrogen (secondary N) is 1. The van der Waals surface area contributed by atoms with Gasteiger partial charge in [-0.25, -0.2) is 0 Å². The van der Waals surface area contributed by atoms with E-state index in [1.165, 1.54) is 35.9 Å². The highest BCUT2D eigenvalue weighted by Gasteiger charge is 2.31. The summed E-state index contributed by atoms with van der Waals surface area (Å²) in [7, 11) is 0. The molecular weight excluding hydrogens is 406 g/mol. The molecule has 0 spiro atoms. The summed E-state index contributed by atoms with van der Waals surface area (Å²) in [6.45, 7) is 4.68. The molecule has 2 fully saturated rings. The minimum absolute atomic E-state index is 0. The second-order valence-electron chi connectivity index (χ2n) is 5.50. The van der Waals surface area contributed by atoms with E-state index in [4.69, 9.17) is 0 Å². The van der Waals surface area contributed by atoms with Gasteiger partial charge in [0.05, 0.1) is 0 Å². The number of hydrogen-bond acceptors (Lipinski definition) is 2. The highest BCUT2D eigenvalue weighted by atomic mass is 127. The van der Waals surface area contributed by atoms with Gasteiger partial charge < -0.3 is 5.32 Å². The number of hydrogen-bond donors (Lipinski definition) is 1. The average molecular weight is 429 g/mol. The van der Waals surface area contributed by atoms with Crippen LogP contribution in [0.15, 0.2) is 24.3 Å². The first-order valence-electron chi connectivity index (χ1n) is 7.04. The van der Waals surface area contributed by atoms with Gasteiger partial charge in [-0.15, -0.1) is 24.8 Å². The maximum absolute atomic E-state index is 3.46. The smallest absolute Gasteiger partial charge is 0.0362 e. The monoisotopic (exact) mass is 428 g/mol. The van der Waals surface area contributed by atoms with Gasteiger partial charge in [0.15, 0.2) is 0 Å². The fourth-order valence-corrected chi connectivity index (χ4v) is 3.63. The van der Waals surface area contributed by atoms with Crippen molar-refractivity contribution in [2.24, 2.45) is 5.92 Å². The summed E-state index contributed by atoms with van der Waals surface area (Å²) in [6.07, 6.45) is 4.26. The second kappa shape index (κ2) is 8.79. The van der Waals surface area contributed by atoms with Crippen LogP contribution in [0.2, 0.25) is 0 Å². The molecule has 114 valence electrons. The predicted octanol–water partition coefficient (Wildman–Crippen LogP) is 3.88. The molecule has 2 nitrogen and oxygen atoms in total. The van der Waals surface area contributed by atoms with Gasteiger partial charge in [-0.1, -0.05) is 31.0 Å². The molecule has 2 aliphatic rings. The maximum atomic E-state index is 3.46. The van der Waals surface area contributed by atoms with Crippen molar-refractivity contribution in [3.8, 4) is 0 Å². The van der Waals surface area contributed by atoms with E-state index in [-0.39, 0.29) is 24.8 Å². The number of piperazine rings is 1. The number of nitrogens with zero attached hydrogens (tertiary/aromatic N) is 1. The lowest BCUT2D eigenvalue weighted by Crippen LogP contribution is -2.45. The van der Waals surface area contributed by atoms with E-state index < -0.39 is 0 Å². The third-order valence-corrected chi connectivity index (χ3v) is 5.09. The molecule has 1 saturated heterocycles. The van der Waals surface area contributed by atoms with E-state index in [1.54, 1.807) is 5.56 Å². The van der Waals surface area contributed by atoms with Crippen molar-refractivity contribution in [3.63, 3.8) is 0 Å². The fourth-order valence-electron chi connectivity index (χ4n) is 2.88. The van der Waals surface area contributed by atoms with Crippen LogP contribution in [0.4, 0.5) is 0 Å². The Morgan fingerprint density at radius 2 is 1.80 bits per heavy atom. The van der Waals surface area contributed by atoms with E-state index >= 15 is 0 Å². The molecule has 20 heavy (non-hydrogen) atoms. The van der Waals surface area contributed by atoms with Crippen LogP contribution in [0, 0.1) is 9.49 Å². The molecular formula is C15H23Cl2IN2. The molecule has 1 aromatic rings. The summed E-state index contributed by atoms with van der Waals surface area (Å²) in [5.74, 6) is 0.987. The molecule has 0 unspecified atom stereocenters. The lowest BCUT2D eigenvalue weighted by Gasteiger charge is -2.36. The Morgan fingerprint density at radius 3 is 2.40 bits per heavy atom. The molecule has 1 N–H and O–H groups in total. The number of rotatable bonds is 4. The quantitative estimate of drug-likeness (QED) is 0.732. The summed E-state index contributed by atoms with van der Waals surface area (Å²) in [5.41, 5.74) is 1.55. The molecule has 1 aliphatic carbocycles. The highest BCUT2D eigenvalue weighted by molar-refractivity contribution is 14.1. The molecule has 0 aromatic heterocycles. The van der Waals surface area contributed by atoms with Crippen LogP contribution in [0.25, 0.3) is 0 Å². The Hall–Kier alpha value is 0.450. The minimum Gasteiger partial charge on any atom is -0.314 e. The van der Waals surface area contributed by atoms with Gasteiger partial charge in [0, 0.05) is 35.8 Å². The summed E-state index contributed by atoms with van der Waals surface area (Å²) >= 11 is 2.50. The van der Waals surface area contributed by atoms with Crippen LogP contribution >= 0.6 is 47.4 Å². The second-order valence-corrected chi connectivity index (χ2v) is 6.66. The predicted molar refractivity (Wildman–Crippen MR) is 98.2 cm³/mol. The average Bonchev–Trinajstić information content (AvgIpc) is 3.22. The van der Waals surface area contributed by atoms with Gasteiger partial charge in [-0.05, 0) is 46.6 Å². The normalized spacial score (nSPS) is 20.6. The fraction of sp³-hybridized carbons (Fsp3) is 0.600. The first-order chi connectivity index (χ1) is 8.84. The van der Waals surface area contributed by atoms with Crippen molar-refractivity contribution in [2.75, 3.05) is 26.2 Å². The van der Waals surface area contributed by atoms with Gasteiger partial charge in [0.25, 0.3) is 0 Å². The van der Waals surface area contributed by atoms with E-state index in [2.05, 4.69) is 57.1 Å². The van der Waals surface area contributed by atoms with Crippen LogP contribution in [0.1, 0.15) is 30.9 Å². The first kappa shape index (κ1) is 18.5. The topological polar surface area (TPSA) is 15.3 Å². The molecule has 0 bridgehead atoms. The molecule has 3 rings (SSSR count). The van der Waals surface area contributed by atoms with E-state index in [0.29, 0.717) is 6.04 Å². The summed E-state index contributed by atoms with van der Waals surface area (Å²) in [4.78, 5) is 2.69. The molecule has 1 atom stereocenters. The SMILES string of the molecule is Cl.Cl.Ic1ccccc1[C@@H](CC1CC1)N1CCNCC1. The third kappa shape index (κ3) is 4.73. The largest absolute Gasteiger partial charge is 0.314 e. The van der Waals surface area contributed by atoms with Crippen molar-refractivity contribution >= 4 is 47.4 Å². The Kier molecular flexibility index (Phi) is 8.13. The Morgan fingerprint density at radius 1 is 1.15 bits per heavy atom. The van der Waals surface area contributed by atoms with E-state index in [0.717, 1.165) is 19.0 Å². The van der Waals surface area contributed by atoms with Crippen molar-refractivity contribution in [1.29, 1.82) is 0 Å². The Labute approximate surface area is 148 Å². The summed E-state index contributed by atoms with van der Waals surface area (Å²) in [6, 6.07) is 9.57. The maximum Gasteiger partial charge on any atom is 0.0362 e. The van der Waals surface area contributed by atoms with Crippen molar-refractivity contribution in [1.82, 2.24) is 10.2 Å². The molecule has 1 aromatic carbocycles. The zero-order chi connectivity index (χ0) is 12.4. The minimum atomic E-state index is 0. The van der Waals surface area contributed by atoms with Crippen LogP contribution in [-0.4, -0.2) is 31.1 Å². The number of benzene rings is 1. The van der Waals surface area contributed by atoms with Gasteiger partial charge in [-0.2, -0.15) is 0 Å². The van der Waals surface area contributed by atoms with Gasteiger partial charge in [-0.3, -0.25) is 4.90 Å². The molecule has 1 saturated carbocycles. The molecule has 0 radical (unpaired) electrons. The molecule has 0 amide bonds. The van der Waals surface area contributed by atoms with Crippen LogP contribution in [0.5, 0.6) is 0 Å². The Balaban J connectivity index is 0.000001000. The van der Waals surface area contributed by atoms with Crippen molar-refractivity contribution in [3.05, 3.63) is 33.4 Å². The summed E-state index contributed by atoms with van der Waals surface area (Å²) in [5, 5.41) is 3.46. The number of halogens is 3. The first-order valence-corrected chi connectivity index (χ1v) is 8.11. The lowest BCUT2D eigenvalue weighted by molar-refractivity contribution is 0.160. The van der Waals surface area contributed by atoms with Crippen LogP contribution < -0.4 is 5.32 Å². The van der Waals surface area contributed by atoms with Crippen LogP contribution in [-0.2, 0) is 0 Å². The Bertz CT molecular complexity index is 407. The summed E-state index contributed by atoms with van der Waals surface area (Å²) < 4.78 is 1.43. The van der Waals surface area contributed by atoms with Crippen molar-refractivity contribution < 1.29 is 0 Å². The van der Waals surface area contributed by atoms with E-state index in [9.17, 15) is 0 Å². The lowest BCUT2D eigenvalue weighted by atomic mass is 9.99. The highest BCUT2D eigenvalue weighted by Crippen LogP contribution is 2.41. The molecule has 5 heteroatoms. The molecule has 1 heterocycles. The zero-order valence-corrected chi connectivity index (χ0v) is 15.3. The van der Waals surface area contributed by atoms with Crippen LogP contribution in [0.3, 0.4) is 0 Å². The van der Waals surface area contributed by atoms with E-state index in [1.807, 2.05) is 0 Å². The zero-order valence-electron chi connectivity index (χ0n) is 11.6. The standard InChI is InChI=1S/C15H21IN2.2ClH/c16-14-4-2-1-3-13(14)15(11-12-5-6-12)18-9-7-17-8-10-18;;/h1-4,12,15,17H,5-11H2;2*1H/t15-;;/m1../s1. The molecule has 1 aliphatic heterocycles. The van der Waals surface area contributed by atoms with Gasteiger partial charge in [0.1, 0.15) is 0 Å². The third-order valence-electron chi connectivity index (χ3n) is 4.11.